The number of carboxylic acid groups (broad SMARTS) is 1. The molecule has 0 aliphatic rings. The van der Waals surface area contributed by atoms with Crippen LogP contribution in [-0.2, 0) is 9.59 Å². The molecule has 0 aliphatic carbocycles. The molecule has 0 radical (unpaired) electrons. The average Bonchev–Trinajstić information content (AvgIpc) is 2.72. The zero-order chi connectivity index (χ0) is 15.2. The summed E-state index contributed by atoms with van der Waals surface area (Å²) in [5, 5.41) is 22.7. The van der Waals surface area contributed by atoms with Gasteiger partial charge in [0.2, 0.25) is 11.0 Å². The number of hydrogen-bond acceptors (Lipinski definition) is 7. The van der Waals surface area contributed by atoms with Crippen molar-refractivity contribution in [2.45, 2.75) is 37.1 Å². The normalized spacial score (nSPS) is 11.2. The number of aliphatic carboxylic acids is 1. The largest absolute Gasteiger partial charge is 0.481 e. The number of nitrogens with zero attached hydrogens (tertiary/aromatic N) is 2. The summed E-state index contributed by atoms with van der Waals surface area (Å²) in [7, 11) is 0. The molecule has 0 unspecified atom stereocenters. The van der Waals surface area contributed by atoms with Crippen molar-refractivity contribution < 1.29 is 14.7 Å². The molecule has 9 heteroatoms. The maximum Gasteiger partial charge on any atom is 0.313 e. The van der Waals surface area contributed by atoms with E-state index in [1.54, 1.807) is 0 Å². The number of hydrogen-bond donors (Lipinski definition) is 3. The van der Waals surface area contributed by atoms with Crippen LogP contribution in [0.3, 0.4) is 0 Å². The van der Waals surface area contributed by atoms with E-state index in [1.807, 2.05) is 20.8 Å². The Morgan fingerprint density at radius 1 is 1.35 bits per heavy atom. The summed E-state index contributed by atoms with van der Waals surface area (Å²) >= 11 is 2.40. The number of carbonyl (C=O) groups excluding carboxylic acids is 1. The van der Waals surface area contributed by atoms with Gasteiger partial charge >= 0.3 is 5.97 Å². The standard InChI is InChI=1S/C11H18N4O3S2/c1-11(2,3)13-7(16)4-5-12-9-14-15-10(20-9)19-6-8(17)18/h4-6H2,1-3H3,(H,12,14)(H,13,16)(H,17,18). The number of aromatic nitrogens is 2. The van der Waals surface area contributed by atoms with Crippen LogP contribution >= 0.6 is 23.1 Å². The summed E-state index contributed by atoms with van der Waals surface area (Å²) in [4.78, 5) is 22.0. The van der Waals surface area contributed by atoms with Crippen molar-refractivity contribution in [2.24, 2.45) is 0 Å². The SMILES string of the molecule is CC(C)(C)NC(=O)CCNc1nnc(SCC(=O)O)s1. The molecular weight excluding hydrogens is 300 g/mol. The van der Waals surface area contributed by atoms with Gasteiger partial charge in [-0.15, -0.1) is 10.2 Å². The Morgan fingerprint density at radius 3 is 2.65 bits per heavy atom. The molecule has 0 aliphatic heterocycles. The molecule has 1 heterocycles. The fourth-order valence-electron chi connectivity index (χ4n) is 1.23. The third-order valence-electron chi connectivity index (χ3n) is 1.87. The van der Waals surface area contributed by atoms with E-state index in [0.717, 1.165) is 11.8 Å². The summed E-state index contributed by atoms with van der Waals surface area (Å²) in [6.45, 7) is 6.24. The van der Waals surface area contributed by atoms with E-state index < -0.39 is 5.97 Å². The third kappa shape index (κ3) is 7.29. The molecule has 20 heavy (non-hydrogen) atoms. The summed E-state index contributed by atoms with van der Waals surface area (Å²) in [6, 6.07) is 0. The summed E-state index contributed by atoms with van der Waals surface area (Å²) < 4.78 is 0.592. The van der Waals surface area contributed by atoms with Gasteiger partial charge in [0.15, 0.2) is 4.34 Å². The van der Waals surface area contributed by atoms with Crippen LogP contribution in [0.15, 0.2) is 4.34 Å². The molecule has 0 aromatic carbocycles. The number of anilines is 1. The Morgan fingerprint density at radius 2 is 2.05 bits per heavy atom. The highest BCUT2D eigenvalue weighted by Crippen LogP contribution is 2.25. The molecule has 0 saturated carbocycles. The number of thioether (sulfide) groups is 1. The molecule has 112 valence electrons. The topological polar surface area (TPSA) is 104 Å². The van der Waals surface area contributed by atoms with Gasteiger partial charge in [-0.1, -0.05) is 23.1 Å². The number of nitrogens with one attached hydrogen (secondary N) is 2. The number of carbonyl (C=O) groups is 2. The van der Waals surface area contributed by atoms with Crippen LogP contribution in [-0.4, -0.2) is 45.0 Å². The molecule has 7 nitrogen and oxygen atoms in total. The minimum Gasteiger partial charge on any atom is -0.481 e. The highest BCUT2D eigenvalue weighted by Gasteiger charge is 2.13. The van der Waals surface area contributed by atoms with Gasteiger partial charge < -0.3 is 15.7 Å². The monoisotopic (exact) mass is 318 g/mol. The predicted molar refractivity (Wildman–Crippen MR) is 79.3 cm³/mol. The van der Waals surface area contributed by atoms with E-state index in [1.165, 1.54) is 11.3 Å². The summed E-state index contributed by atoms with van der Waals surface area (Å²) in [6.07, 6.45) is 0.342. The zero-order valence-electron chi connectivity index (χ0n) is 11.6. The molecule has 0 bridgehead atoms. The first kappa shape index (κ1) is 16.7. The Kier molecular flexibility index (Phi) is 6.21. The maximum absolute atomic E-state index is 11.6. The Bertz CT molecular complexity index is 470. The van der Waals surface area contributed by atoms with Gasteiger partial charge in [0.05, 0.1) is 5.75 Å². The molecule has 0 fully saturated rings. The molecule has 1 rings (SSSR count). The molecule has 0 atom stereocenters. The van der Waals surface area contributed by atoms with Gasteiger partial charge in [-0.25, -0.2) is 0 Å². The van der Waals surface area contributed by atoms with Crippen LogP contribution in [0.2, 0.25) is 0 Å². The van der Waals surface area contributed by atoms with Crippen molar-refractivity contribution in [3.8, 4) is 0 Å². The van der Waals surface area contributed by atoms with Crippen LogP contribution < -0.4 is 10.6 Å². The van der Waals surface area contributed by atoms with Crippen LogP contribution in [0.5, 0.6) is 0 Å². The quantitative estimate of drug-likeness (QED) is 0.653. The van der Waals surface area contributed by atoms with E-state index in [0.29, 0.717) is 22.4 Å². The van der Waals surface area contributed by atoms with E-state index in [9.17, 15) is 9.59 Å². The first-order valence-corrected chi connectivity index (χ1v) is 7.79. The highest BCUT2D eigenvalue weighted by molar-refractivity contribution is 8.01. The molecule has 1 aromatic rings. The van der Waals surface area contributed by atoms with Crippen molar-refractivity contribution >= 4 is 40.1 Å². The highest BCUT2D eigenvalue weighted by atomic mass is 32.2. The summed E-state index contributed by atoms with van der Waals surface area (Å²) in [5.41, 5.74) is -0.236. The lowest BCUT2D eigenvalue weighted by Crippen LogP contribution is -2.41. The lowest BCUT2D eigenvalue weighted by atomic mass is 10.1. The van der Waals surface area contributed by atoms with E-state index in [4.69, 9.17) is 5.11 Å². The van der Waals surface area contributed by atoms with Gasteiger partial charge in [0, 0.05) is 18.5 Å². The lowest BCUT2D eigenvalue weighted by Gasteiger charge is -2.20. The second-order valence-electron chi connectivity index (χ2n) is 5.03. The second kappa shape index (κ2) is 7.44. The second-order valence-corrected chi connectivity index (χ2v) is 7.23. The van der Waals surface area contributed by atoms with Gasteiger partial charge in [0.25, 0.3) is 0 Å². The molecule has 1 aromatic heterocycles. The van der Waals surface area contributed by atoms with Crippen molar-refractivity contribution in [3.05, 3.63) is 0 Å². The van der Waals surface area contributed by atoms with Crippen LogP contribution in [0.1, 0.15) is 27.2 Å². The molecule has 0 spiro atoms. The minimum atomic E-state index is -0.890. The van der Waals surface area contributed by atoms with E-state index in [2.05, 4.69) is 20.8 Å². The smallest absolute Gasteiger partial charge is 0.313 e. The number of carboxylic acids is 1. The van der Waals surface area contributed by atoms with Crippen LogP contribution in [0, 0.1) is 0 Å². The molecular formula is C11H18N4O3S2. The van der Waals surface area contributed by atoms with Crippen molar-refractivity contribution in [2.75, 3.05) is 17.6 Å². The molecule has 1 amide bonds. The van der Waals surface area contributed by atoms with Gasteiger partial charge in [-0.05, 0) is 20.8 Å². The molecule has 0 saturated heterocycles. The minimum absolute atomic E-state index is 0.0324. The summed E-state index contributed by atoms with van der Waals surface area (Å²) in [5.74, 6) is -0.962. The Balaban J connectivity index is 2.29. The van der Waals surface area contributed by atoms with E-state index >= 15 is 0 Å². The predicted octanol–water partition coefficient (Wildman–Crippen LogP) is 1.43. The van der Waals surface area contributed by atoms with Crippen molar-refractivity contribution in [1.82, 2.24) is 15.5 Å². The van der Waals surface area contributed by atoms with Gasteiger partial charge in [0.1, 0.15) is 0 Å². The number of amides is 1. The lowest BCUT2D eigenvalue weighted by molar-refractivity contribution is -0.134. The van der Waals surface area contributed by atoms with Crippen LogP contribution in [0.4, 0.5) is 5.13 Å². The fourth-order valence-corrected chi connectivity index (χ4v) is 2.72. The zero-order valence-corrected chi connectivity index (χ0v) is 13.2. The molecule has 3 N–H and O–H groups in total. The fraction of sp³-hybridized carbons (Fsp3) is 0.636. The first-order chi connectivity index (χ1) is 9.26. The van der Waals surface area contributed by atoms with Crippen LogP contribution in [0.25, 0.3) is 0 Å². The van der Waals surface area contributed by atoms with Crippen molar-refractivity contribution in [3.63, 3.8) is 0 Å². The average molecular weight is 318 g/mol. The third-order valence-corrected chi connectivity index (χ3v) is 3.87. The van der Waals surface area contributed by atoms with E-state index in [-0.39, 0.29) is 17.2 Å². The number of rotatable bonds is 7. The first-order valence-electron chi connectivity index (χ1n) is 5.99. The van der Waals surface area contributed by atoms with Gasteiger partial charge in [-0.2, -0.15) is 0 Å². The maximum atomic E-state index is 11.6. The Labute approximate surface area is 125 Å². The van der Waals surface area contributed by atoms with Gasteiger partial charge in [-0.3, -0.25) is 9.59 Å². The Hall–Kier alpha value is -1.35. The van der Waals surface area contributed by atoms with Crippen molar-refractivity contribution in [1.29, 1.82) is 0 Å².